The first-order valence-electron chi connectivity index (χ1n) is 10.8. The molecule has 5 heterocycles. The van der Waals surface area contributed by atoms with Gasteiger partial charge in [0, 0.05) is 50.9 Å². The first-order valence-corrected chi connectivity index (χ1v) is 11.8. The number of rotatable bonds is 8. The van der Waals surface area contributed by atoms with Crippen LogP contribution in [0, 0.1) is 5.92 Å². The molecule has 0 radical (unpaired) electrons. The second-order valence-electron chi connectivity index (χ2n) is 8.17. The Balaban J connectivity index is 1.13. The molecule has 2 aliphatic heterocycles. The zero-order valence-electron chi connectivity index (χ0n) is 18.0. The van der Waals surface area contributed by atoms with Crippen LogP contribution < -0.4 is 14.8 Å². The van der Waals surface area contributed by atoms with E-state index in [1.807, 2.05) is 36.5 Å². The maximum atomic E-state index is 10.6. The quantitative estimate of drug-likeness (QED) is 0.532. The molecule has 0 unspecified atom stereocenters. The highest BCUT2D eigenvalue weighted by Crippen LogP contribution is 2.34. The van der Waals surface area contributed by atoms with Gasteiger partial charge >= 0.3 is 0 Å². The molecule has 0 aliphatic carbocycles. The second kappa shape index (κ2) is 9.58. The lowest BCUT2D eigenvalue weighted by molar-refractivity contribution is 0.140. The van der Waals surface area contributed by atoms with Crippen LogP contribution in [-0.2, 0) is 13.0 Å². The minimum absolute atomic E-state index is 0.203. The molecule has 9 heteroatoms. The fraction of sp³-hybridized carbons (Fsp3) is 0.435. The molecular formula is C23H27N5O3S. The van der Waals surface area contributed by atoms with Gasteiger partial charge in [-0.25, -0.2) is 9.97 Å². The largest absolute Gasteiger partial charge is 0.481 e. The van der Waals surface area contributed by atoms with E-state index in [0.717, 1.165) is 59.1 Å². The number of fused-ring (bicyclic) bond motifs is 2. The first kappa shape index (κ1) is 21.4. The predicted molar refractivity (Wildman–Crippen MR) is 123 cm³/mol. The van der Waals surface area contributed by atoms with Gasteiger partial charge in [0.15, 0.2) is 5.75 Å². The average Bonchev–Trinajstić information content (AvgIpc) is 3.43. The number of likely N-dealkylation sites (tertiary alicyclic amines) is 1. The van der Waals surface area contributed by atoms with Gasteiger partial charge in [-0.2, -0.15) is 0 Å². The summed E-state index contributed by atoms with van der Waals surface area (Å²) in [6.45, 7) is 3.88. The highest BCUT2D eigenvalue weighted by atomic mass is 32.2. The number of thioether (sulfide) groups is 1. The van der Waals surface area contributed by atoms with E-state index in [2.05, 4.69) is 25.2 Å². The number of aromatic nitrogens is 3. The summed E-state index contributed by atoms with van der Waals surface area (Å²) in [5.41, 5.74) is 3.90. The van der Waals surface area contributed by atoms with E-state index in [0.29, 0.717) is 24.9 Å². The third-order valence-electron chi connectivity index (χ3n) is 6.04. The molecule has 5 rings (SSSR count). The predicted octanol–water partition coefficient (Wildman–Crippen LogP) is 2.10. The van der Waals surface area contributed by atoms with Gasteiger partial charge in [0.2, 0.25) is 5.88 Å². The average molecular weight is 454 g/mol. The van der Waals surface area contributed by atoms with Gasteiger partial charge in [-0.15, -0.1) is 0 Å². The summed E-state index contributed by atoms with van der Waals surface area (Å²) in [6, 6.07) is 9.77. The van der Waals surface area contributed by atoms with Crippen molar-refractivity contribution in [1.82, 2.24) is 25.2 Å². The van der Waals surface area contributed by atoms with Crippen molar-refractivity contribution in [2.45, 2.75) is 24.1 Å². The molecule has 3 aromatic heterocycles. The van der Waals surface area contributed by atoms with Crippen LogP contribution in [0.25, 0.3) is 11.0 Å². The van der Waals surface area contributed by atoms with Gasteiger partial charge in [-0.05, 0) is 36.2 Å². The molecule has 1 saturated heterocycles. The summed E-state index contributed by atoms with van der Waals surface area (Å²) in [6.07, 6.45) is 2.35. The van der Waals surface area contributed by atoms with Crippen molar-refractivity contribution in [1.29, 1.82) is 0 Å². The van der Waals surface area contributed by atoms with Crippen molar-refractivity contribution in [3.8, 4) is 11.6 Å². The van der Waals surface area contributed by atoms with Gasteiger partial charge < -0.3 is 24.8 Å². The van der Waals surface area contributed by atoms with Gasteiger partial charge in [0.25, 0.3) is 0 Å². The lowest BCUT2D eigenvalue weighted by Gasteiger charge is -2.16. The highest BCUT2D eigenvalue weighted by Gasteiger charge is 2.30. The van der Waals surface area contributed by atoms with Crippen LogP contribution >= 0.6 is 11.8 Å². The van der Waals surface area contributed by atoms with Crippen molar-refractivity contribution in [2.75, 3.05) is 39.2 Å². The molecule has 8 nitrogen and oxygen atoms in total. The Labute approximate surface area is 191 Å². The van der Waals surface area contributed by atoms with Crippen LogP contribution in [0.15, 0.2) is 41.6 Å². The van der Waals surface area contributed by atoms with Crippen molar-refractivity contribution in [3.63, 3.8) is 0 Å². The fourth-order valence-electron chi connectivity index (χ4n) is 4.29. The number of nitrogens with zero attached hydrogens (tertiary/aromatic N) is 4. The summed E-state index contributed by atoms with van der Waals surface area (Å²) < 4.78 is 10.8. The van der Waals surface area contributed by atoms with Crippen molar-refractivity contribution in [2.24, 2.45) is 5.92 Å². The second-order valence-corrected chi connectivity index (χ2v) is 9.08. The number of aliphatic hydroxyl groups excluding tert-OH is 1. The van der Waals surface area contributed by atoms with E-state index in [9.17, 15) is 5.11 Å². The first-order chi connectivity index (χ1) is 15.7. The molecule has 0 amide bonds. The van der Waals surface area contributed by atoms with E-state index in [1.54, 1.807) is 18.9 Å². The summed E-state index contributed by atoms with van der Waals surface area (Å²) in [7, 11) is 1.62. The Morgan fingerprint density at radius 2 is 2.16 bits per heavy atom. The number of aliphatic hydroxyl groups is 1. The summed E-state index contributed by atoms with van der Waals surface area (Å²) in [5.74, 6) is 2.31. The van der Waals surface area contributed by atoms with E-state index < -0.39 is 0 Å². The molecule has 2 N–H and O–H groups in total. The Morgan fingerprint density at radius 1 is 1.22 bits per heavy atom. The van der Waals surface area contributed by atoms with Crippen molar-refractivity contribution >= 4 is 22.8 Å². The van der Waals surface area contributed by atoms with Crippen LogP contribution in [0.3, 0.4) is 0 Å². The van der Waals surface area contributed by atoms with E-state index in [4.69, 9.17) is 9.47 Å². The molecular weight excluding hydrogens is 426 g/mol. The van der Waals surface area contributed by atoms with Gasteiger partial charge in [0.1, 0.15) is 11.0 Å². The minimum atomic E-state index is -0.327. The zero-order valence-corrected chi connectivity index (χ0v) is 18.8. The normalized spacial score (nSPS) is 20.4. The number of β-amino-alcohol motifs (C(OH)–C–C–N with tert-alkyl or cyclic N) is 1. The summed E-state index contributed by atoms with van der Waals surface area (Å²) >= 11 is 1.62. The van der Waals surface area contributed by atoms with E-state index >= 15 is 0 Å². The number of nitrogens with one attached hydrogen (secondary N) is 1. The molecule has 3 aromatic rings. The molecule has 2 atom stereocenters. The molecule has 32 heavy (non-hydrogen) atoms. The topological polar surface area (TPSA) is 92.6 Å². The third kappa shape index (κ3) is 4.66. The third-order valence-corrected chi connectivity index (χ3v) is 6.84. The van der Waals surface area contributed by atoms with Crippen LogP contribution in [0.4, 0.5) is 0 Å². The van der Waals surface area contributed by atoms with Gasteiger partial charge in [-0.1, -0.05) is 11.8 Å². The zero-order chi connectivity index (χ0) is 21.9. The molecule has 168 valence electrons. The van der Waals surface area contributed by atoms with E-state index in [-0.39, 0.29) is 12.0 Å². The maximum absolute atomic E-state index is 10.6. The van der Waals surface area contributed by atoms with E-state index in [1.165, 1.54) is 0 Å². The fourth-order valence-corrected chi connectivity index (χ4v) is 5.04. The number of hydrogen-bond donors (Lipinski definition) is 2. The van der Waals surface area contributed by atoms with Crippen molar-refractivity contribution < 1.29 is 14.6 Å². The van der Waals surface area contributed by atoms with Crippen LogP contribution in [0.5, 0.6) is 11.6 Å². The Morgan fingerprint density at radius 3 is 3.06 bits per heavy atom. The molecule has 0 bridgehead atoms. The monoisotopic (exact) mass is 453 g/mol. The number of ether oxygens (including phenoxy) is 2. The Kier molecular flexibility index (Phi) is 6.40. The van der Waals surface area contributed by atoms with Crippen molar-refractivity contribution in [3.05, 3.63) is 47.8 Å². The van der Waals surface area contributed by atoms with Gasteiger partial charge in [0.05, 0.1) is 29.9 Å². The SMILES string of the molecule is COc1ccc2nccc(CCN3C[C@H](CNCc4ccc5c(n4)SCO5)[C@H](O)C3)c2n1. The molecule has 1 fully saturated rings. The Hall–Kier alpha value is -2.46. The molecule has 2 aliphatic rings. The lowest BCUT2D eigenvalue weighted by Crippen LogP contribution is -2.30. The molecule has 0 aromatic carbocycles. The number of hydrogen-bond acceptors (Lipinski definition) is 9. The maximum Gasteiger partial charge on any atom is 0.213 e. The summed E-state index contributed by atoms with van der Waals surface area (Å²) in [4.78, 5) is 15.9. The summed E-state index contributed by atoms with van der Waals surface area (Å²) in [5, 5.41) is 15.0. The molecule has 0 spiro atoms. The Bertz CT molecular complexity index is 1100. The number of methoxy groups -OCH3 is 1. The smallest absolute Gasteiger partial charge is 0.213 e. The standard InChI is InChI=1S/C23H27N5O3S/c1-30-21-5-3-18-22(27-21)15(6-8-25-18)7-9-28-12-16(19(29)13-28)10-24-11-17-2-4-20-23(26-17)32-14-31-20/h2-6,8,16,19,24,29H,7,9-14H2,1H3/t16-,19+/m0/s1. The minimum Gasteiger partial charge on any atom is -0.481 e. The van der Waals surface area contributed by atoms with Gasteiger partial charge in [-0.3, -0.25) is 4.98 Å². The molecule has 0 saturated carbocycles. The van der Waals surface area contributed by atoms with Crippen LogP contribution in [0.2, 0.25) is 0 Å². The highest BCUT2D eigenvalue weighted by molar-refractivity contribution is 7.99. The number of pyridine rings is 3. The van der Waals surface area contributed by atoms with Crippen LogP contribution in [-0.4, -0.2) is 70.3 Å². The van der Waals surface area contributed by atoms with Crippen LogP contribution in [0.1, 0.15) is 11.3 Å². The lowest BCUT2D eigenvalue weighted by atomic mass is 10.1.